The summed E-state index contributed by atoms with van der Waals surface area (Å²) in [6.07, 6.45) is 0.970. The second-order valence-electron chi connectivity index (χ2n) is 6.52. The Morgan fingerprint density at radius 2 is 1.75 bits per heavy atom. The van der Waals surface area contributed by atoms with Crippen LogP contribution in [0.15, 0.2) is 42.5 Å². The van der Waals surface area contributed by atoms with Crippen LogP contribution in [0.1, 0.15) is 47.3 Å². The van der Waals surface area contributed by atoms with Crippen LogP contribution in [0.5, 0.6) is 0 Å². The van der Waals surface area contributed by atoms with E-state index in [0.29, 0.717) is 37.6 Å². The fourth-order valence-electron chi connectivity index (χ4n) is 2.70. The van der Waals surface area contributed by atoms with Gasteiger partial charge >= 0.3 is 6.03 Å². The first-order chi connectivity index (χ1) is 13.5. The molecule has 0 saturated heterocycles. The standard InChI is InChI=1S/C22H29N3O3/c1-4-12-28-15-19-9-7-6-8-18(19)14-24-22(27)25-20-13-17(11-10-16(20)3)21(26)23-5-2/h6-11,13H,4-5,12,14-15H2,1-3H3,(H,23,26)(H2,24,25,27). The van der Waals surface area contributed by atoms with Crippen LogP contribution in [-0.2, 0) is 17.9 Å². The van der Waals surface area contributed by atoms with Crippen molar-refractivity contribution in [2.24, 2.45) is 0 Å². The van der Waals surface area contributed by atoms with Crippen LogP contribution in [0.2, 0.25) is 0 Å². The number of urea groups is 1. The Labute approximate surface area is 166 Å². The van der Waals surface area contributed by atoms with Gasteiger partial charge in [0.25, 0.3) is 5.91 Å². The normalized spacial score (nSPS) is 10.4. The molecular formula is C22H29N3O3. The van der Waals surface area contributed by atoms with Gasteiger partial charge < -0.3 is 20.7 Å². The molecule has 0 atom stereocenters. The zero-order valence-electron chi connectivity index (χ0n) is 16.8. The minimum atomic E-state index is -0.319. The van der Waals surface area contributed by atoms with Crippen molar-refractivity contribution in [3.8, 4) is 0 Å². The molecule has 0 aliphatic heterocycles. The highest BCUT2D eigenvalue weighted by Crippen LogP contribution is 2.17. The Balaban J connectivity index is 1.98. The summed E-state index contributed by atoms with van der Waals surface area (Å²) in [7, 11) is 0. The average molecular weight is 383 g/mol. The van der Waals surface area contributed by atoms with Crippen LogP contribution in [0.3, 0.4) is 0 Å². The highest BCUT2D eigenvalue weighted by Gasteiger charge is 2.10. The van der Waals surface area contributed by atoms with Crippen LogP contribution in [0.25, 0.3) is 0 Å². The molecule has 6 nitrogen and oxygen atoms in total. The zero-order chi connectivity index (χ0) is 20.4. The molecule has 0 aromatic heterocycles. The smallest absolute Gasteiger partial charge is 0.319 e. The van der Waals surface area contributed by atoms with Crippen molar-refractivity contribution in [3.05, 3.63) is 64.7 Å². The maximum atomic E-state index is 12.4. The lowest BCUT2D eigenvalue weighted by Gasteiger charge is -2.13. The van der Waals surface area contributed by atoms with Crippen LogP contribution in [0.4, 0.5) is 10.5 Å². The molecule has 0 saturated carbocycles. The quantitative estimate of drug-likeness (QED) is 0.573. The van der Waals surface area contributed by atoms with Gasteiger partial charge in [0.05, 0.1) is 6.61 Å². The first-order valence-corrected chi connectivity index (χ1v) is 9.63. The maximum absolute atomic E-state index is 12.4. The average Bonchev–Trinajstić information content (AvgIpc) is 2.69. The molecule has 0 fully saturated rings. The number of aryl methyl sites for hydroxylation is 1. The number of nitrogens with one attached hydrogen (secondary N) is 3. The maximum Gasteiger partial charge on any atom is 0.319 e. The lowest BCUT2D eigenvalue weighted by Crippen LogP contribution is -2.29. The predicted molar refractivity (Wildman–Crippen MR) is 111 cm³/mol. The van der Waals surface area contributed by atoms with Gasteiger partial charge in [0.1, 0.15) is 0 Å². The highest BCUT2D eigenvalue weighted by atomic mass is 16.5. The van der Waals surface area contributed by atoms with Gasteiger partial charge in [-0.15, -0.1) is 0 Å². The molecule has 3 amide bonds. The number of ether oxygens (including phenoxy) is 1. The van der Waals surface area contributed by atoms with Crippen molar-refractivity contribution in [2.45, 2.75) is 40.3 Å². The number of rotatable bonds is 9. The van der Waals surface area contributed by atoms with E-state index in [1.54, 1.807) is 12.1 Å². The minimum absolute atomic E-state index is 0.160. The molecule has 0 spiro atoms. The number of benzene rings is 2. The number of hydrogen-bond acceptors (Lipinski definition) is 3. The summed E-state index contributed by atoms with van der Waals surface area (Å²) in [6, 6.07) is 12.8. The molecule has 0 aliphatic carbocycles. The molecule has 150 valence electrons. The van der Waals surface area contributed by atoms with Gasteiger partial charge in [0, 0.05) is 30.9 Å². The third-order valence-electron chi connectivity index (χ3n) is 4.25. The monoisotopic (exact) mass is 383 g/mol. The van der Waals surface area contributed by atoms with E-state index in [4.69, 9.17) is 4.74 Å². The molecule has 0 radical (unpaired) electrons. The number of carbonyl (C=O) groups is 2. The highest BCUT2D eigenvalue weighted by molar-refractivity contribution is 5.97. The fraction of sp³-hybridized carbons (Fsp3) is 0.364. The Bertz CT molecular complexity index is 805. The molecule has 6 heteroatoms. The molecule has 3 N–H and O–H groups in total. The molecule has 0 unspecified atom stereocenters. The fourth-order valence-corrected chi connectivity index (χ4v) is 2.70. The van der Waals surface area contributed by atoms with Gasteiger partial charge in [-0.1, -0.05) is 37.3 Å². The number of amides is 3. The molecular weight excluding hydrogens is 354 g/mol. The van der Waals surface area contributed by atoms with Gasteiger partial charge in [-0.05, 0) is 49.1 Å². The van der Waals surface area contributed by atoms with Crippen LogP contribution in [0, 0.1) is 6.92 Å². The molecule has 2 rings (SSSR count). The SMILES string of the molecule is CCCOCc1ccccc1CNC(=O)Nc1cc(C(=O)NCC)ccc1C. The van der Waals surface area contributed by atoms with Gasteiger partial charge in [0.2, 0.25) is 0 Å². The second kappa shape index (κ2) is 11.1. The van der Waals surface area contributed by atoms with E-state index in [9.17, 15) is 9.59 Å². The minimum Gasteiger partial charge on any atom is -0.377 e. The first-order valence-electron chi connectivity index (χ1n) is 9.63. The van der Waals surface area contributed by atoms with E-state index in [-0.39, 0.29) is 11.9 Å². The van der Waals surface area contributed by atoms with Crippen molar-refractivity contribution < 1.29 is 14.3 Å². The van der Waals surface area contributed by atoms with Gasteiger partial charge in [-0.25, -0.2) is 4.79 Å². The van der Waals surface area contributed by atoms with Crippen LogP contribution < -0.4 is 16.0 Å². The first kappa shape index (κ1) is 21.4. The number of hydrogen-bond donors (Lipinski definition) is 3. The largest absolute Gasteiger partial charge is 0.377 e. The Morgan fingerprint density at radius 3 is 2.46 bits per heavy atom. The molecule has 2 aromatic rings. The van der Waals surface area contributed by atoms with E-state index >= 15 is 0 Å². The Hall–Kier alpha value is -2.86. The van der Waals surface area contributed by atoms with E-state index in [1.165, 1.54) is 0 Å². The van der Waals surface area contributed by atoms with E-state index < -0.39 is 0 Å². The van der Waals surface area contributed by atoms with Crippen molar-refractivity contribution in [1.82, 2.24) is 10.6 Å². The predicted octanol–water partition coefficient (Wildman–Crippen LogP) is 3.99. The number of carbonyl (C=O) groups excluding carboxylic acids is 2. The summed E-state index contributed by atoms with van der Waals surface area (Å²) in [5.41, 5.74) is 4.09. The Kier molecular flexibility index (Phi) is 8.49. The number of anilines is 1. The summed E-state index contributed by atoms with van der Waals surface area (Å²) >= 11 is 0. The second-order valence-corrected chi connectivity index (χ2v) is 6.52. The molecule has 0 aliphatic rings. The summed E-state index contributed by atoms with van der Waals surface area (Å²) in [5, 5.41) is 8.46. The topological polar surface area (TPSA) is 79.5 Å². The summed E-state index contributed by atoms with van der Waals surface area (Å²) in [4.78, 5) is 24.4. The van der Waals surface area contributed by atoms with Gasteiger partial charge in [-0.3, -0.25) is 4.79 Å². The molecule has 2 aromatic carbocycles. The summed E-state index contributed by atoms with van der Waals surface area (Å²) < 4.78 is 5.62. The van der Waals surface area contributed by atoms with E-state index in [2.05, 4.69) is 22.9 Å². The summed E-state index contributed by atoms with van der Waals surface area (Å²) in [5.74, 6) is -0.160. The van der Waals surface area contributed by atoms with Gasteiger partial charge in [0.15, 0.2) is 0 Å². The third kappa shape index (κ3) is 6.39. The van der Waals surface area contributed by atoms with Crippen molar-refractivity contribution in [2.75, 3.05) is 18.5 Å². The zero-order valence-corrected chi connectivity index (χ0v) is 16.8. The molecule has 0 bridgehead atoms. The lowest BCUT2D eigenvalue weighted by atomic mass is 10.1. The summed E-state index contributed by atoms with van der Waals surface area (Å²) in [6.45, 7) is 8.01. The third-order valence-corrected chi connectivity index (χ3v) is 4.25. The van der Waals surface area contributed by atoms with E-state index in [0.717, 1.165) is 23.1 Å². The van der Waals surface area contributed by atoms with Gasteiger partial charge in [-0.2, -0.15) is 0 Å². The molecule has 0 heterocycles. The van der Waals surface area contributed by atoms with Crippen molar-refractivity contribution in [1.29, 1.82) is 0 Å². The van der Waals surface area contributed by atoms with Crippen molar-refractivity contribution >= 4 is 17.6 Å². The molecule has 28 heavy (non-hydrogen) atoms. The van der Waals surface area contributed by atoms with Crippen molar-refractivity contribution in [3.63, 3.8) is 0 Å². The van der Waals surface area contributed by atoms with E-state index in [1.807, 2.05) is 44.2 Å². The van der Waals surface area contributed by atoms with Crippen LogP contribution in [-0.4, -0.2) is 25.1 Å². The van der Waals surface area contributed by atoms with Crippen LogP contribution >= 0.6 is 0 Å². The Morgan fingerprint density at radius 1 is 1.00 bits per heavy atom. The lowest BCUT2D eigenvalue weighted by molar-refractivity contribution is 0.0956.